The van der Waals surface area contributed by atoms with Crippen LogP contribution in [0.3, 0.4) is 0 Å². The third kappa shape index (κ3) is 5.85. The van der Waals surface area contributed by atoms with E-state index in [1.807, 2.05) is 18.2 Å². The van der Waals surface area contributed by atoms with Gasteiger partial charge in [-0.25, -0.2) is 0 Å². The minimum Gasteiger partial charge on any atom is -0.486 e. The lowest BCUT2D eigenvalue weighted by Crippen LogP contribution is -2.22. The van der Waals surface area contributed by atoms with Gasteiger partial charge < -0.3 is 14.4 Å². The van der Waals surface area contributed by atoms with Gasteiger partial charge in [0.2, 0.25) is 0 Å². The highest BCUT2D eigenvalue weighted by molar-refractivity contribution is 5.96. The zero-order valence-electron chi connectivity index (χ0n) is 12.9. The number of carbonyl (C=O) groups excluding carboxylic acids is 2. The Labute approximate surface area is 125 Å². The molecule has 0 N–H and O–H groups in total. The molecule has 0 radical (unpaired) electrons. The zero-order valence-corrected chi connectivity index (χ0v) is 12.9. The highest BCUT2D eigenvalue weighted by atomic mass is 16.5. The fourth-order valence-corrected chi connectivity index (χ4v) is 1.95. The lowest BCUT2D eigenvalue weighted by Gasteiger charge is -2.21. The molecule has 0 unspecified atom stereocenters. The minimum atomic E-state index is -0.511. The molecule has 0 fully saturated rings. The van der Waals surface area contributed by atoms with Crippen LogP contribution in [-0.2, 0) is 14.3 Å². The average Bonchev–Trinajstić information content (AvgIpc) is 2.47. The summed E-state index contributed by atoms with van der Waals surface area (Å²) >= 11 is 0. The Morgan fingerprint density at radius 2 is 1.86 bits per heavy atom. The van der Waals surface area contributed by atoms with Crippen LogP contribution in [0.15, 0.2) is 24.3 Å². The number of hydrogen-bond acceptors (Lipinski definition) is 5. The van der Waals surface area contributed by atoms with Gasteiger partial charge in [-0.2, -0.15) is 0 Å². The third-order valence-corrected chi connectivity index (χ3v) is 2.99. The average molecular weight is 293 g/mol. The fourth-order valence-electron chi connectivity index (χ4n) is 1.95. The van der Waals surface area contributed by atoms with Crippen molar-refractivity contribution < 1.29 is 19.1 Å². The number of hydrogen-bond donors (Lipinski definition) is 0. The molecule has 0 atom stereocenters. The number of benzene rings is 1. The van der Waals surface area contributed by atoms with Crippen molar-refractivity contribution in [2.24, 2.45) is 0 Å². The third-order valence-electron chi connectivity index (χ3n) is 2.99. The van der Waals surface area contributed by atoms with E-state index in [9.17, 15) is 9.59 Å². The van der Waals surface area contributed by atoms with Gasteiger partial charge in [0.25, 0.3) is 0 Å². The highest BCUT2D eigenvalue weighted by Gasteiger charge is 2.11. The molecule has 116 valence electrons. The van der Waals surface area contributed by atoms with E-state index in [1.54, 1.807) is 13.0 Å². The summed E-state index contributed by atoms with van der Waals surface area (Å²) in [5.41, 5.74) is 1.05. The molecular formula is C16H23NO4. The van der Waals surface area contributed by atoms with Crippen molar-refractivity contribution in [2.45, 2.75) is 27.2 Å². The van der Waals surface area contributed by atoms with Crippen LogP contribution in [0, 0.1) is 0 Å². The molecule has 0 spiro atoms. The summed E-state index contributed by atoms with van der Waals surface area (Å²) in [6, 6.07) is 7.58. The first-order valence-electron chi connectivity index (χ1n) is 7.25. The molecule has 0 aromatic heterocycles. The molecule has 0 aliphatic rings. The second-order valence-electron chi connectivity index (χ2n) is 4.48. The Morgan fingerprint density at radius 3 is 2.48 bits per heavy atom. The van der Waals surface area contributed by atoms with Gasteiger partial charge in [0.15, 0.2) is 5.78 Å². The van der Waals surface area contributed by atoms with Crippen LogP contribution in [0.2, 0.25) is 0 Å². The predicted molar refractivity (Wildman–Crippen MR) is 81.8 cm³/mol. The van der Waals surface area contributed by atoms with Gasteiger partial charge >= 0.3 is 5.97 Å². The van der Waals surface area contributed by atoms with Crippen LogP contribution < -0.4 is 9.64 Å². The standard InChI is InChI=1S/C16H23NO4/c1-4-17(5-2)13-8-7-9-15(10-13)21-12-14(18)11-16(19)20-6-3/h7-10H,4-6,11-12H2,1-3H3. The van der Waals surface area contributed by atoms with Crippen LogP contribution in [0.1, 0.15) is 27.2 Å². The number of Topliss-reactive ketones (excluding diaryl/α,β-unsaturated/α-hetero) is 1. The molecule has 21 heavy (non-hydrogen) atoms. The van der Waals surface area contributed by atoms with Crippen LogP contribution in [-0.4, -0.2) is 38.1 Å². The Kier molecular flexibility index (Phi) is 7.29. The summed E-state index contributed by atoms with van der Waals surface area (Å²) < 4.78 is 10.2. The molecular weight excluding hydrogens is 270 g/mol. The van der Waals surface area contributed by atoms with Gasteiger partial charge in [-0.1, -0.05) is 6.07 Å². The van der Waals surface area contributed by atoms with Gasteiger partial charge in [-0.05, 0) is 32.9 Å². The molecule has 0 aliphatic carbocycles. The Morgan fingerprint density at radius 1 is 1.14 bits per heavy atom. The van der Waals surface area contributed by atoms with E-state index < -0.39 is 5.97 Å². The second-order valence-corrected chi connectivity index (χ2v) is 4.48. The smallest absolute Gasteiger partial charge is 0.313 e. The monoisotopic (exact) mass is 293 g/mol. The van der Waals surface area contributed by atoms with Crippen LogP contribution in [0.5, 0.6) is 5.75 Å². The van der Waals surface area contributed by atoms with Crippen molar-refractivity contribution in [3.63, 3.8) is 0 Å². The van der Waals surface area contributed by atoms with Crippen molar-refractivity contribution >= 4 is 17.4 Å². The molecule has 0 amide bonds. The van der Waals surface area contributed by atoms with Gasteiger partial charge in [-0.15, -0.1) is 0 Å². The molecule has 5 heteroatoms. The summed E-state index contributed by atoms with van der Waals surface area (Å²) in [5.74, 6) is -0.179. The van der Waals surface area contributed by atoms with Gasteiger partial charge in [0, 0.05) is 24.8 Å². The summed E-state index contributed by atoms with van der Waals surface area (Å²) in [5, 5.41) is 0. The van der Waals surface area contributed by atoms with Crippen LogP contribution in [0.4, 0.5) is 5.69 Å². The second kappa shape index (κ2) is 9.00. The highest BCUT2D eigenvalue weighted by Crippen LogP contribution is 2.21. The summed E-state index contributed by atoms with van der Waals surface area (Å²) in [7, 11) is 0. The number of nitrogens with zero attached hydrogens (tertiary/aromatic N) is 1. The van der Waals surface area contributed by atoms with E-state index >= 15 is 0 Å². The predicted octanol–water partition coefficient (Wildman–Crippen LogP) is 2.43. The summed E-state index contributed by atoms with van der Waals surface area (Å²) in [6.07, 6.45) is -0.246. The number of anilines is 1. The quantitative estimate of drug-likeness (QED) is 0.517. The molecule has 1 rings (SSSR count). The van der Waals surface area contributed by atoms with Crippen molar-refractivity contribution in [3.8, 4) is 5.75 Å². The molecule has 0 aliphatic heterocycles. The van der Waals surface area contributed by atoms with E-state index in [0.29, 0.717) is 5.75 Å². The van der Waals surface area contributed by atoms with Gasteiger partial charge in [0.05, 0.1) is 6.61 Å². The zero-order chi connectivity index (χ0) is 15.7. The Balaban J connectivity index is 2.54. The fraction of sp³-hybridized carbons (Fsp3) is 0.500. The first-order chi connectivity index (χ1) is 10.1. The normalized spacial score (nSPS) is 10.0. The number of esters is 1. The molecule has 5 nitrogen and oxygen atoms in total. The van der Waals surface area contributed by atoms with Gasteiger partial charge in [0.1, 0.15) is 18.8 Å². The number of rotatable bonds is 9. The van der Waals surface area contributed by atoms with E-state index in [1.165, 1.54) is 0 Å². The molecule has 0 saturated carbocycles. The summed E-state index contributed by atoms with van der Waals surface area (Å²) in [4.78, 5) is 25.0. The lowest BCUT2D eigenvalue weighted by molar-refractivity contribution is -0.145. The van der Waals surface area contributed by atoms with E-state index in [-0.39, 0.29) is 25.4 Å². The minimum absolute atomic E-state index is 0.124. The van der Waals surface area contributed by atoms with E-state index in [2.05, 4.69) is 18.7 Å². The van der Waals surface area contributed by atoms with Crippen LogP contribution >= 0.6 is 0 Å². The molecule has 0 saturated heterocycles. The molecule has 1 aromatic rings. The Hall–Kier alpha value is -2.04. The number of ether oxygens (including phenoxy) is 2. The van der Waals surface area contributed by atoms with E-state index in [0.717, 1.165) is 18.8 Å². The SMILES string of the molecule is CCOC(=O)CC(=O)COc1cccc(N(CC)CC)c1. The number of ketones is 1. The van der Waals surface area contributed by atoms with Crippen molar-refractivity contribution in [3.05, 3.63) is 24.3 Å². The first-order valence-corrected chi connectivity index (χ1v) is 7.25. The first kappa shape index (κ1) is 17.0. The largest absolute Gasteiger partial charge is 0.486 e. The van der Waals surface area contributed by atoms with Crippen molar-refractivity contribution in [2.75, 3.05) is 31.2 Å². The van der Waals surface area contributed by atoms with Crippen molar-refractivity contribution in [1.82, 2.24) is 0 Å². The maximum atomic E-state index is 11.6. The molecule has 0 bridgehead atoms. The van der Waals surface area contributed by atoms with Crippen molar-refractivity contribution in [1.29, 1.82) is 0 Å². The molecule has 1 aromatic carbocycles. The Bertz CT molecular complexity index is 469. The van der Waals surface area contributed by atoms with Crippen LogP contribution in [0.25, 0.3) is 0 Å². The molecule has 0 heterocycles. The number of carbonyl (C=O) groups is 2. The maximum Gasteiger partial charge on any atom is 0.313 e. The topological polar surface area (TPSA) is 55.8 Å². The van der Waals surface area contributed by atoms with Gasteiger partial charge in [-0.3, -0.25) is 9.59 Å². The maximum absolute atomic E-state index is 11.6. The summed E-state index contributed by atoms with van der Waals surface area (Å²) in [6.45, 7) is 7.83. The van der Waals surface area contributed by atoms with E-state index in [4.69, 9.17) is 9.47 Å². The lowest BCUT2D eigenvalue weighted by atomic mass is 10.2.